The van der Waals surface area contributed by atoms with Crippen LogP contribution in [0, 0.1) is 12.8 Å². The molecule has 24 heavy (non-hydrogen) atoms. The summed E-state index contributed by atoms with van der Waals surface area (Å²) in [7, 11) is 2.11. The van der Waals surface area contributed by atoms with Crippen molar-refractivity contribution in [2.75, 3.05) is 26.2 Å². The maximum atomic E-state index is 11.4. The third kappa shape index (κ3) is 4.11. The normalized spacial score (nSPS) is 18.0. The van der Waals surface area contributed by atoms with Crippen LogP contribution in [0.25, 0.3) is 0 Å². The number of phenols is 1. The zero-order valence-corrected chi connectivity index (χ0v) is 15.1. The number of carbonyl (C=O) groups excluding carboxylic acids is 1. The maximum absolute atomic E-state index is 11.4. The first kappa shape index (κ1) is 18.8. The van der Waals surface area contributed by atoms with Crippen molar-refractivity contribution in [2.45, 2.75) is 39.1 Å². The molecule has 1 saturated heterocycles. The second kappa shape index (κ2) is 8.03. The van der Waals surface area contributed by atoms with Gasteiger partial charge >= 0.3 is 0 Å². The number of phenolic OH excluding ortho intramolecular Hbond substituents is 1. The zero-order chi connectivity index (χ0) is 17.9. The molecule has 2 N–H and O–H groups in total. The fraction of sp³-hybridized carbons (Fsp3) is 0.611. The fourth-order valence-corrected chi connectivity index (χ4v) is 3.02. The van der Waals surface area contributed by atoms with Gasteiger partial charge in [-0.3, -0.25) is 9.69 Å². The number of ketones is 1. The lowest BCUT2D eigenvalue weighted by Gasteiger charge is -2.40. The second-order valence-corrected chi connectivity index (χ2v) is 6.92. The van der Waals surface area contributed by atoms with Gasteiger partial charge in [0.1, 0.15) is 32.1 Å². The summed E-state index contributed by atoms with van der Waals surface area (Å²) in [6.07, 6.45) is 1.06. The number of nitrogens with zero attached hydrogens (tertiary/aromatic N) is 1. The van der Waals surface area contributed by atoms with Crippen molar-refractivity contribution < 1.29 is 19.7 Å². The van der Waals surface area contributed by atoms with Gasteiger partial charge in [-0.15, -0.1) is 0 Å². The first-order chi connectivity index (χ1) is 11.4. The summed E-state index contributed by atoms with van der Waals surface area (Å²) in [6, 6.07) is 3.89. The molecule has 1 unspecified atom stereocenters. The van der Waals surface area contributed by atoms with Crippen LogP contribution in [0.3, 0.4) is 0 Å². The monoisotopic (exact) mass is 333 g/mol. The van der Waals surface area contributed by atoms with E-state index in [1.807, 2.05) is 26.0 Å². The van der Waals surface area contributed by atoms with E-state index in [1.165, 1.54) is 0 Å². The Hall–Kier alpha value is -1.53. The smallest absolute Gasteiger partial charge is 0.162 e. The van der Waals surface area contributed by atoms with Crippen LogP contribution in [0.15, 0.2) is 12.1 Å². The number of carbonyl (C=O) groups is 1. The van der Waals surface area contributed by atoms with E-state index < -0.39 is 6.61 Å². The Labute approximate surface area is 145 Å². The summed E-state index contributed by atoms with van der Waals surface area (Å²) in [5.74, 6) is 1.10. The van der Waals surface area contributed by atoms with Gasteiger partial charge in [-0.05, 0) is 24.5 Å². The Bertz CT molecular complexity index is 587. The highest BCUT2D eigenvalue weighted by molar-refractivity contribution is 6.09. The average Bonchev–Trinajstić information content (AvgIpc) is 2.55. The molecule has 0 amide bonds. The van der Waals surface area contributed by atoms with E-state index in [0.29, 0.717) is 18.2 Å². The van der Waals surface area contributed by atoms with Crippen molar-refractivity contribution in [1.29, 1.82) is 0 Å². The highest BCUT2D eigenvalue weighted by atomic mass is 16.5. The van der Waals surface area contributed by atoms with E-state index in [9.17, 15) is 9.90 Å². The lowest BCUT2D eigenvalue weighted by atomic mass is 9.86. The molecule has 1 aromatic carbocycles. The van der Waals surface area contributed by atoms with Crippen LogP contribution < -0.4 is 4.74 Å². The molecule has 0 aliphatic carbocycles. The van der Waals surface area contributed by atoms with Crippen molar-refractivity contribution in [2.24, 2.45) is 5.92 Å². The minimum Gasteiger partial charge on any atom is -0.507 e. The van der Waals surface area contributed by atoms with Gasteiger partial charge in [0.2, 0.25) is 0 Å². The Morgan fingerprint density at radius 1 is 1.42 bits per heavy atom. The molecule has 0 aromatic heterocycles. The predicted octanol–water partition coefficient (Wildman–Crippen LogP) is 1.12. The standard InChI is InChI=1S/C18H28BNO4/c1-11(6-19)15-4-5-17(13(3)18(15)23)24-14-8-20(9-14)7-12(2)16(22)10-21/h4-5,11-12,14,21,23H,6-10,19H2,1-3H3/t11-,12?/m0/s1. The molecule has 0 spiro atoms. The van der Waals surface area contributed by atoms with Gasteiger partial charge in [-0.2, -0.15) is 0 Å². The van der Waals surface area contributed by atoms with Crippen molar-refractivity contribution in [3.8, 4) is 11.5 Å². The second-order valence-electron chi connectivity index (χ2n) is 6.92. The average molecular weight is 333 g/mol. The van der Waals surface area contributed by atoms with Crippen molar-refractivity contribution in [3.63, 3.8) is 0 Å². The van der Waals surface area contributed by atoms with Crippen molar-refractivity contribution in [3.05, 3.63) is 23.3 Å². The molecule has 6 heteroatoms. The number of rotatable bonds is 8. The highest BCUT2D eigenvalue weighted by Gasteiger charge is 2.31. The van der Waals surface area contributed by atoms with Crippen LogP contribution in [0.1, 0.15) is 30.9 Å². The number of aliphatic hydroxyl groups excluding tert-OH is 1. The van der Waals surface area contributed by atoms with Gasteiger partial charge in [0, 0.05) is 31.1 Å². The van der Waals surface area contributed by atoms with Crippen LogP contribution in [-0.4, -0.2) is 61.1 Å². The number of Topliss-reactive ketones (excluding diaryl/α,β-unsaturated/α-hetero) is 1. The van der Waals surface area contributed by atoms with Crippen molar-refractivity contribution >= 4 is 13.6 Å². The lowest BCUT2D eigenvalue weighted by Crippen LogP contribution is -2.55. The molecule has 1 aromatic rings. The van der Waals surface area contributed by atoms with Gasteiger partial charge in [-0.1, -0.05) is 26.2 Å². The molecule has 1 aliphatic rings. The quantitative estimate of drug-likeness (QED) is 0.698. The zero-order valence-electron chi connectivity index (χ0n) is 15.1. The fourth-order valence-electron chi connectivity index (χ4n) is 3.02. The SMILES string of the molecule is BC[C@H](C)c1ccc(OC2CN(CC(C)C(=O)CO)C2)c(C)c1O. The predicted molar refractivity (Wildman–Crippen MR) is 96.7 cm³/mol. The molecule has 2 atom stereocenters. The van der Waals surface area contributed by atoms with E-state index in [1.54, 1.807) is 0 Å². The summed E-state index contributed by atoms with van der Waals surface area (Å²) in [4.78, 5) is 13.6. The number of aromatic hydroxyl groups is 1. The summed E-state index contributed by atoms with van der Waals surface area (Å²) < 4.78 is 5.99. The summed E-state index contributed by atoms with van der Waals surface area (Å²) in [5.41, 5.74) is 1.75. The molecular formula is C18H28BNO4. The van der Waals surface area contributed by atoms with E-state index in [2.05, 4.69) is 19.7 Å². The van der Waals surface area contributed by atoms with Gasteiger partial charge in [0.15, 0.2) is 5.78 Å². The number of benzene rings is 1. The highest BCUT2D eigenvalue weighted by Crippen LogP contribution is 2.36. The Balaban J connectivity index is 1.90. The van der Waals surface area contributed by atoms with Gasteiger partial charge in [0.25, 0.3) is 0 Å². The molecule has 2 rings (SSSR count). The molecule has 5 nitrogen and oxygen atoms in total. The molecule has 0 bridgehead atoms. The number of hydrogen-bond donors (Lipinski definition) is 2. The number of likely N-dealkylation sites (tertiary alicyclic amines) is 1. The van der Waals surface area contributed by atoms with E-state index in [-0.39, 0.29) is 17.8 Å². The number of hydrogen-bond acceptors (Lipinski definition) is 5. The summed E-state index contributed by atoms with van der Waals surface area (Å²) >= 11 is 0. The van der Waals surface area contributed by atoms with E-state index in [0.717, 1.165) is 36.3 Å². The van der Waals surface area contributed by atoms with Crippen LogP contribution in [0.2, 0.25) is 6.32 Å². The third-order valence-corrected chi connectivity index (χ3v) is 5.01. The minimum absolute atomic E-state index is 0.0778. The largest absolute Gasteiger partial charge is 0.507 e. The van der Waals surface area contributed by atoms with Crippen LogP contribution >= 0.6 is 0 Å². The van der Waals surface area contributed by atoms with Gasteiger partial charge < -0.3 is 14.9 Å². The molecular weight excluding hydrogens is 305 g/mol. The molecule has 1 aliphatic heterocycles. The lowest BCUT2D eigenvalue weighted by molar-refractivity contribution is -0.126. The number of ether oxygens (including phenoxy) is 1. The van der Waals surface area contributed by atoms with Crippen LogP contribution in [0.5, 0.6) is 11.5 Å². The van der Waals surface area contributed by atoms with E-state index in [4.69, 9.17) is 9.84 Å². The van der Waals surface area contributed by atoms with Crippen molar-refractivity contribution in [1.82, 2.24) is 4.90 Å². The van der Waals surface area contributed by atoms with Gasteiger partial charge in [-0.25, -0.2) is 0 Å². The first-order valence-electron chi connectivity index (χ1n) is 8.72. The Morgan fingerprint density at radius 2 is 2.08 bits per heavy atom. The van der Waals surface area contributed by atoms with E-state index >= 15 is 0 Å². The van der Waals surface area contributed by atoms with Gasteiger partial charge in [0.05, 0.1) is 0 Å². The maximum Gasteiger partial charge on any atom is 0.162 e. The minimum atomic E-state index is -0.393. The van der Waals surface area contributed by atoms with Crippen LogP contribution in [-0.2, 0) is 4.79 Å². The first-order valence-corrected chi connectivity index (χ1v) is 8.72. The number of aliphatic hydroxyl groups is 1. The Morgan fingerprint density at radius 3 is 2.67 bits per heavy atom. The molecule has 0 saturated carbocycles. The molecule has 0 radical (unpaired) electrons. The third-order valence-electron chi connectivity index (χ3n) is 5.01. The summed E-state index contributed by atoms with van der Waals surface area (Å²) in [5, 5.41) is 19.3. The molecule has 1 fully saturated rings. The van der Waals surface area contributed by atoms with Crippen LogP contribution in [0.4, 0.5) is 0 Å². The molecule has 1 heterocycles. The Kier molecular flexibility index (Phi) is 6.30. The molecule has 132 valence electrons. The topological polar surface area (TPSA) is 70.0 Å². The summed E-state index contributed by atoms with van der Waals surface area (Å²) in [6.45, 7) is 7.60.